The maximum Gasteiger partial charge on any atom is 0.236 e. The van der Waals surface area contributed by atoms with Crippen LogP contribution in [0.2, 0.25) is 0 Å². The number of aromatic nitrogens is 1. The van der Waals surface area contributed by atoms with Crippen LogP contribution in [0.25, 0.3) is 0 Å². The van der Waals surface area contributed by atoms with Crippen LogP contribution in [0, 0.1) is 0 Å². The highest BCUT2D eigenvalue weighted by Crippen LogP contribution is 2.32. The van der Waals surface area contributed by atoms with Crippen LogP contribution < -0.4 is 9.64 Å². The lowest BCUT2D eigenvalue weighted by Crippen LogP contribution is -2.36. The summed E-state index contributed by atoms with van der Waals surface area (Å²) in [6.45, 7) is 4.29. The molecule has 0 atom stereocenters. The molecule has 7 nitrogen and oxygen atoms in total. The second-order valence-electron chi connectivity index (χ2n) is 6.10. The average Bonchev–Trinajstić information content (AvgIpc) is 3.12. The molecule has 1 saturated heterocycles. The van der Waals surface area contributed by atoms with Crippen molar-refractivity contribution in [3.05, 3.63) is 30.2 Å². The quantitative estimate of drug-likeness (QED) is 0.730. The van der Waals surface area contributed by atoms with Gasteiger partial charge in [-0.1, -0.05) is 13.3 Å². The Balaban J connectivity index is 2.00. The van der Waals surface area contributed by atoms with E-state index in [1.54, 1.807) is 12.1 Å². The van der Waals surface area contributed by atoms with E-state index in [1.165, 1.54) is 19.2 Å². The van der Waals surface area contributed by atoms with E-state index in [1.807, 2.05) is 4.90 Å². The van der Waals surface area contributed by atoms with Crippen molar-refractivity contribution in [2.75, 3.05) is 38.3 Å². The Hall–Kier alpha value is -2.06. The number of unbranched alkanes of at least 4 members (excludes halogenated alkanes) is 1. The molecule has 142 valence electrons. The molecule has 0 aliphatic carbocycles. The van der Waals surface area contributed by atoms with Crippen LogP contribution >= 0.6 is 0 Å². The van der Waals surface area contributed by atoms with Crippen LogP contribution in [-0.2, 0) is 21.0 Å². The van der Waals surface area contributed by atoms with Crippen molar-refractivity contribution in [2.24, 2.45) is 0 Å². The highest BCUT2D eigenvalue weighted by molar-refractivity contribution is 7.91. The molecule has 1 aliphatic heterocycles. The molecule has 1 aliphatic rings. The Morgan fingerprint density at radius 2 is 1.88 bits per heavy atom. The highest BCUT2D eigenvalue weighted by atomic mass is 32.2. The summed E-state index contributed by atoms with van der Waals surface area (Å²) < 4.78 is 42.7. The fraction of sp³-hybridized carbons (Fsp3) is 0.500. The van der Waals surface area contributed by atoms with Gasteiger partial charge in [0.1, 0.15) is 5.75 Å². The third kappa shape index (κ3) is 3.86. The van der Waals surface area contributed by atoms with Gasteiger partial charge in [0.15, 0.2) is 5.89 Å². The number of benzene rings is 1. The Morgan fingerprint density at radius 1 is 1.19 bits per heavy atom. The van der Waals surface area contributed by atoms with Crippen molar-refractivity contribution < 1.29 is 22.3 Å². The summed E-state index contributed by atoms with van der Waals surface area (Å²) in [5.41, 5.74) is 0. The number of nitrogens with zero attached hydrogens (tertiary/aromatic N) is 2. The molecular formula is C18H24N2O5S. The normalized spacial score (nSPS) is 15.2. The fourth-order valence-corrected chi connectivity index (χ4v) is 4.12. The van der Waals surface area contributed by atoms with Gasteiger partial charge in [-0.05, 0) is 30.7 Å². The number of oxazole rings is 1. The summed E-state index contributed by atoms with van der Waals surface area (Å²) in [6, 6.07) is 6.30. The molecule has 0 saturated carbocycles. The molecule has 0 unspecified atom stereocenters. The topological polar surface area (TPSA) is 81.9 Å². The number of sulfone groups is 1. The second kappa shape index (κ2) is 8.09. The van der Waals surface area contributed by atoms with Gasteiger partial charge in [-0.3, -0.25) is 0 Å². The molecule has 0 amide bonds. The first kappa shape index (κ1) is 18.7. The third-order valence-electron chi connectivity index (χ3n) is 4.29. The molecule has 1 fully saturated rings. The molecule has 8 heteroatoms. The van der Waals surface area contributed by atoms with Crippen LogP contribution in [0.3, 0.4) is 0 Å². The molecular weight excluding hydrogens is 356 g/mol. The Bertz CT molecular complexity index is 824. The van der Waals surface area contributed by atoms with Crippen LogP contribution in [0.4, 0.5) is 5.88 Å². The van der Waals surface area contributed by atoms with Gasteiger partial charge in [0.05, 0.1) is 25.2 Å². The summed E-state index contributed by atoms with van der Waals surface area (Å²) >= 11 is 0. The minimum atomic E-state index is -3.79. The Labute approximate surface area is 153 Å². The van der Waals surface area contributed by atoms with Crippen molar-refractivity contribution in [3.63, 3.8) is 0 Å². The minimum Gasteiger partial charge on any atom is -0.497 e. The lowest BCUT2D eigenvalue weighted by molar-refractivity contribution is 0.120. The van der Waals surface area contributed by atoms with Crippen molar-refractivity contribution >= 4 is 15.7 Å². The van der Waals surface area contributed by atoms with Crippen molar-refractivity contribution in [2.45, 2.75) is 36.1 Å². The number of hydrogen-bond acceptors (Lipinski definition) is 7. The lowest BCUT2D eigenvalue weighted by atomic mass is 10.2. The number of methoxy groups -OCH3 is 1. The highest BCUT2D eigenvalue weighted by Gasteiger charge is 2.31. The predicted octanol–water partition coefficient (Wildman–Crippen LogP) is 2.70. The van der Waals surface area contributed by atoms with Gasteiger partial charge in [-0.2, -0.15) is 4.98 Å². The molecule has 0 bridgehead atoms. The Morgan fingerprint density at radius 3 is 2.50 bits per heavy atom. The van der Waals surface area contributed by atoms with Gasteiger partial charge in [-0.25, -0.2) is 8.42 Å². The molecule has 0 N–H and O–H groups in total. The maximum atomic E-state index is 13.2. The van der Waals surface area contributed by atoms with Crippen LogP contribution in [0.15, 0.2) is 38.6 Å². The molecule has 3 rings (SSSR count). The van der Waals surface area contributed by atoms with Crippen LogP contribution in [0.1, 0.15) is 25.7 Å². The van der Waals surface area contributed by atoms with E-state index in [4.69, 9.17) is 13.9 Å². The number of rotatable bonds is 7. The number of aryl methyl sites for hydroxylation is 1. The average molecular weight is 380 g/mol. The van der Waals surface area contributed by atoms with Gasteiger partial charge in [0.25, 0.3) is 0 Å². The smallest absolute Gasteiger partial charge is 0.236 e. The predicted molar refractivity (Wildman–Crippen MR) is 96.6 cm³/mol. The van der Waals surface area contributed by atoms with E-state index < -0.39 is 9.84 Å². The Kier molecular flexibility index (Phi) is 5.83. The monoisotopic (exact) mass is 380 g/mol. The van der Waals surface area contributed by atoms with E-state index >= 15 is 0 Å². The third-order valence-corrected chi connectivity index (χ3v) is 5.96. The number of morpholine rings is 1. The molecule has 1 aromatic carbocycles. The summed E-state index contributed by atoms with van der Waals surface area (Å²) in [5, 5.41) is -0.0179. The van der Waals surface area contributed by atoms with Crippen LogP contribution in [-0.4, -0.2) is 46.8 Å². The lowest BCUT2D eigenvalue weighted by Gasteiger charge is -2.26. The van der Waals surface area contributed by atoms with Gasteiger partial charge in [-0.15, -0.1) is 0 Å². The summed E-state index contributed by atoms with van der Waals surface area (Å²) in [7, 11) is -2.25. The second-order valence-corrected chi connectivity index (χ2v) is 7.96. The van der Waals surface area contributed by atoms with Crippen molar-refractivity contribution in [1.29, 1.82) is 0 Å². The first-order valence-corrected chi connectivity index (χ1v) is 10.3. The van der Waals surface area contributed by atoms with E-state index in [-0.39, 0.29) is 9.92 Å². The molecule has 26 heavy (non-hydrogen) atoms. The van der Waals surface area contributed by atoms with Crippen LogP contribution in [0.5, 0.6) is 5.75 Å². The largest absolute Gasteiger partial charge is 0.497 e. The SMILES string of the molecule is CCCCc1nc(S(=O)(=O)c2ccc(OC)cc2)c(N2CCOCC2)o1. The van der Waals surface area contributed by atoms with Gasteiger partial charge in [0, 0.05) is 19.5 Å². The zero-order chi connectivity index (χ0) is 18.6. The van der Waals surface area contributed by atoms with Gasteiger partial charge >= 0.3 is 0 Å². The van der Waals surface area contributed by atoms with Gasteiger partial charge in [0.2, 0.25) is 20.7 Å². The summed E-state index contributed by atoms with van der Waals surface area (Å²) in [4.78, 5) is 6.41. The van der Waals surface area contributed by atoms with E-state index in [2.05, 4.69) is 11.9 Å². The molecule has 2 aromatic rings. The number of hydrogen-bond donors (Lipinski definition) is 0. The standard InChI is InChI=1S/C18H24N2O5S/c1-3-4-5-16-19-17(18(25-16)20-10-12-24-13-11-20)26(21,22)15-8-6-14(23-2)7-9-15/h6-9H,3-5,10-13H2,1-2H3. The molecule has 2 heterocycles. The van der Waals surface area contributed by atoms with E-state index in [0.29, 0.717) is 50.2 Å². The first-order chi connectivity index (χ1) is 12.6. The summed E-state index contributed by atoms with van der Waals surface area (Å²) in [5.74, 6) is 1.37. The van der Waals surface area contributed by atoms with E-state index in [0.717, 1.165) is 12.8 Å². The van der Waals surface area contributed by atoms with Gasteiger partial charge < -0.3 is 18.8 Å². The minimum absolute atomic E-state index is 0.0179. The number of ether oxygens (including phenoxy) is 2. The van der Waals surface area contributed by atoms with Crippen molar-refractivity contribution in [1.82, 2.24) is 4.98 Å². The molecule has 0 radical (unpaired) electrons. The summed E-state index contributed by atoms with van der Waals surface area (Å²) in [6.07, 6.45) is 2.49. The molecule has 0 spiro atoms. The van der Waals surface area contributed by atoms with E-state index in [9.17, 15) is 8.42 Å². The number of anilines is 1. The first-order valence-electron chi connectivity index (χ1n) is 8.77. The maximum absolute atomic E-state index is 13.2. The van der Waals surface area contributed by atoms with Crippen molar-refractivity contribution in [3.8, 4) is 5.75 Å². The zero-order valence-electron chi connectivity index (χ0n) is 15.1. The fourth-order valence-electron chi connectivity index (χ4n) is 2.78. The zero-order valence-corrected chi connectivity index (χ0v) is 15.9. The molecule has 1 aromatic heterocycles.